The molecule has 0 aliphatic heterocycles. The van der Waals surface area contributed by atoms with Crippen molar-refractivity contribution in [1.82, 2.24) is 5.43 Å². The van der Waals surface area contributed by atoms with Gasteiger partial charge in [-0.2, -0.15) is 9.67 Å². The topological polar surface area (TPSA) is 74.8 Å². The first-order valence-corrected chi connectivity index (χ1v) is 6.74. The summed E-state index contributed by atoms with van der Waals surface area (Å²) < 4.78 is 6.83. The summed E-state index contributed by atoms with van der Waals surface area (Å²) >= 11 is 0. The number of carbonyl (C=O) groups is 1. The Morgan fingerprint density at radius 3 is 2.95 bits per heavy atom. The first-order chi connectivity index (χ1) is 10.6. The number of phenolic OH excluding ortho intramolecular Hbond substituents is 1. The van der Waals surface area contributed by atoms with Crippen molar-refractivity contribution in [3.05, 3.63) is 53.9 Å². The number of aromatic hydroxyl groups is 1. The second kappa shape index (κ2) is 7.21. The standard InChI is InChI=1S/C16H17N3O3/c1-12-5-3-4-8-19(12)11-16(21)18-17-10-13-6-7-14(20)15(9-13)22-2/h3-10H,11H2,1-2H3,(H-,17,18,20,21)/p+1. The molecule has 114 valence electrons. The summed E-state index contributed by atoms with van der Waals surface area (Å²) in [6.45, 7) is 2.13. The van der Waals surface area contributed by atoms with E-state index in [9.17, 15) is 9.90 Å². The number of hydrogen-bond donors (Lipinski definition) is 2. The predicted octanol–water partition coefficient (Wildman–Crippen LogP) is 1.15. The Balaban J connectivity index is 1.95. The van der Waals surface area contributed by atoms with Gasteiger partial charge in [0.15, 0.2) is 23.4 Å². The molecule has 22 heavy (non-hydrogen) atoms. The second-order valence-corrected chi connectivity index (χ2v) is 4.69. The maximum atomic E-state index is 11.8. The lowest BCUT2D eigenvalue weighted by Crippen LogP contribution is -2.43. The molecule has 6 nitrogen and oxygen atoms in total. The molecular weight excluding hydrogens is 282 g/mol. The van der Waals surface area contributed by atoms with Gasteiger partial charge in [-0.25, -0.2) is 5.43 Å². The van der Waals surface area contributed by atoms with Crippen LogP contribution in [-0.4, -0.2) is 24.3 Å². The zero-order chi connectivity index (χ0) is 15.9. The van der Waals surface area contributed by atoms with Crippen molar-refractivity contribution in [2.24, 2.45) is 5.10 Å². The number of ether oxygens (including phenoxy) is 1. The number of methoxy groups -OCH3 is 1. The summed E-state index contributed by atoms with van der Waals surface area (Å²) in [5.41, 5.74) is 4.16. The second-order valence-electron chi connectivity index (χ2n) is 4.69. The zero-order valence-corrected chi connectivity index (χ0v) is 12.5. The number of aromatic nitrogens is 1. The number of phenols is 1. The van der Waals surface area contributed by atoms with E-state index in [0.29, 0.717) is 11.3 Å². The first kappa shape index (κ1) is 15.5. The van der Waals surface area contributed by atoms with E-state index in [4.69, 9.17) is 4.74 Å². The Bertz CT molecular complexity index is 699. The van der Waals surface area contributed by atoms with Gasteiger partial charge in [0.05, 0.1) is 13.3 Å². The molecule has 0 aliphatic rings. The van der Waals surface area contributed by atoms with E-state index in [1.165, 1.54) is 19.4 Å². The van der Waals surface area contributed by atoms with Gasteiger partial charge >= 0.3 is 5.91 Å². The fraction of sp³-hybridized carbons (Fsp3) is 0.188. The van der Waals surface area contributed by atoms with Crippen molar-refractivity contribution in [1.29, 1.82) is 0 Å². The van der Waals surface area contributed by atoms with E-state index in [-0.39, 0.29) is 18.2 Å². The summed E-state index contributed by atoms with van der Waals surface area (Å²) in [6, 6.07) is 10.5. The number of nitrogens with zero attached hydrogens (tertiary/aromatic N) is 2. The van der Waals surface area contributed by atoms with Gasteiger partial charge in [-0.05, 0) is 23.8 Å². The molecule has 0 saturated carbocycles. The van der Waals surface area contributed by atoms with Crippen molar-refractivity contribution in [2.75, 3.05) is 7.11 Å². The van der Waals surface area contributed by atoms with Crippen LogP contribution in [0.15, 0.2) is 47.7 Å². The van der Waals surface area contributed by atoms with Gasteiger partial charge in [-0.3, -0.25) is 4.79 Å². The lowest BCUT2D eigenvalue weighted by atomic mass is 10.2. The molecule has 1 heterocycles. The van der Waals surface area contributed by atoms with Gasteiger partial charge in [-0.15, -0.1) is 0 Å². The van der Waals surface area contributed by atoms with Crippen LogP contribution in [0.25, 0.3) is 0 Å². The van der Waals surface area contributed by atoms with Crippen LogP contribution in [0.1, 0.15) is 11.3 Å². The summed E-state index contributed by atoms with van der Waals surface area (Å²) in [4.78, 5) is 11.8. The van der Waals surface area contributed by atoms with Crippen molar-refractivity contribution in [3.63, 3.8) is 0 Å². The number of rotatable bonds is 5. The van der Waals surface area contributed by atoms with Crippen LogP contribution >= 0.6 is 0 Å². The number of carbonyl (C=O) groups excluding carboxylic acids is 1. The molecule has 2 N–H and O–H groups in total. The van der Waals surface area contributed by atoms with Crippen molar-refractivity contribution in [2.45, 2.75) is 13.5 Å². The van der Waals surface area contributed by atoms with E-state index in [1.807, 2.05) is 35.9 Å². The molecule has 1 aromatic carbocycles. The normalized spacial score (nSPS) is 10.6. The SMILES string of the molecule is COc1cc(/C=N/NC(=O)C[n+]2ccccc2C)ccc1O. The van der Waals surface area contributed by atoms with Gasteiger partial charge in [0.1, 0.15) is 0 Å². The average molecular weight is 300 g/mol. The molecule has 2 aromatic rings. The predicted molar refractivity (Wildman–Crippen MR) is 81.8 cm³/mol. The van der Waals surface area contributed by atoms with Gasteiger partial charge in [0.2, 0.25) is 6.54 Å². The summed E-state index contributed by atoms with van der Waals surface area (Å²) in [6.07, 6.45) is 3.33. The molecule has 0 atom stereocenters. The fourth-order valence-corrected chi connectivity index (χ4v) is 1.88. The molecule has 2 rings (SSSR count). The summed E-state index contributed by atoms with van der Waals surface area (Å²) in [7, 11) is 1.47. The first-order valence-electron chi connectivity index (χ1n) is 6.74. The molecule has 6 heteroatoms. The van der Waals surface area contributed by atoms with Crippen LogP contribution in [0.4, 0.5) is 0 Å². The maximum Gasteiger partial charge on any atom is 0.305 e. The molecule has 0 radical (unpaired) electrons. The largest absolute Gasteiger partial charge is 0.504 e. The number of amides is 1. The fourth-order valence-electron chi connectivity index (χ4n) is 1.88. The smallest absolute Gasteiger partial charge is 0.305 e. The quantitative estimate of drug-likeness (QED) is 0.494. The van der Waals surface area contributed by atoms with Crippen LogP contribution in [0.3, 0.4) is 0 Å². The molecule has 1 aromatic heterocycles. The van der Waals surface area contributed by atoms with Gasteiger partial charge in [-0.1, -0.05) is 6.07 Å². The van der Waals surface area contributed by atoms with E-state index in [2.05, 4.69) is 10.5 Å². The number of nitrogens with one attached hydrogen (secondary N) is 1. The average Bonchev–Trinajstić information content (AvgIpc) is 2.51. The Kier molecular flexibility index (Phi) is 5.08. The lowest BCUT2D eigenvalue weighted by molar-refractivity contribution is -0.690. The van der Waals surface area contributed by atoms with Crippen LogP contribution in [0, 0.1) is 6.92 Å². The van der Waals surface area contributed by atoms with E-state index in [1.54, 1.807) is 12.1 Å². The Hall–Kier alpha value is -2.89. The third-order valence-corrected chi connectivity index (χ3v) is 3.09. The number of pyridine rings is 1. The number of hydrazone groups is 1. The highest BCUT2D eigenvalue weighted by Gasteiger charge is 2.10. The van der Waals surface area contributed by atoms with Gasteiger partial charge in [0, 0.05) is 19.1 Å². The Labute approximate surface area is 128 Å². The third-order valence-electron chi connectivity index (χ3n) is 3.09. The summed E-state index contributed by atoms with van der Waals surface area (Å²) in [5.74, 6) is 0.187. The number of aryl methyl sites for hydroxylation is 1. The maximum absolute atomic E-state index is 11.8. The molecule has 0 bridgehead atoms. The molecule has 0 aliphatic carbocycles. The highest BCUT2D eigenvalue weighted by atomic mass is 16.5. The minimum absolute atomic E-state index is 0.0552. The van der Waals surface area contributed by atoms with Crippen LogP contribution in [-0.2, 0) is 11.3 Å². The lowest BCUT2D eigenvalue weighted by Gasteiger charge is -2.03. The molecule has 0 spiro atoms. The molecular formula is C16H18N3O3+. The molecule has 0 fully saturated rings. The molecule has 1 amide bonds. The Morgan fingerprint density at radius 1 is 1.41 bits per heavy atom. The van der Waals surface area contributed by atoms with E-state index < -0.39 is 0 Å². The van der Waals surface area contributed by atoms with E-state index in [0.717, 1.165) is 5.69 Å². The Morgan fingerprint density at radius 2 is 2.23 bits per heavy atom. The van der Waals surface area contributed by atoms with Crippen molar-refractivity contribution < 1.29 is 19.2 Å². The number of hydrogen-bond acceptors (Lipinski definition) is 4. The zero-order valence-electron chi connectivity index (χ0n) is 12.5. The monoisotopic (exact) mass is 300 g/mol. The molecule has 0 saturated heterocycles. The third kappa shape index (κ3) is 4.05. The highest BCUT2D eigenvalue weighted by Crippen LogP contribution is 2.25. The molecule has 0 unspecified atom stereocenters. The minimum atomic E-state index is -0.221. The van der Waals surface area contributed by atoms with Crippen molar-refractivity contribution >= 4 is 12.1 Å². The van der Waals surface area contributed by atoms with Crippen LogP contribution in [0.2, 0.25) is 0 Å². The van der Waals surface area contributed by atoms with Crippen LogP contribution in [0.5, 0.6) is 11.5 Å². The van der Waals surface area contributed by atoms with Crippen molar-refractivity contribution in [3.8, 4) is 11.5 Å². The highest BCUT2D eigenvalue weighted by molar-refractivity contribution is 5.82. The summed E-state index contributed by atoms with van der Waals surface area (Å²) in [5, 5.41) is 13.4. The van der Waals surface area contributed by atoms with Gasteiger partial charge < -0.3 is 9.84 Å². The van der Waals surface area contributed by atoms with Gasteiger partial charge in [0.25, 0.3) is 0 Å². The number of benzene rings is 1. The van der Waals surface area contributed by atoms with E-state index >= 15 is 0 Å². The minimum Gasteiger partial charge on any atom is -0.504 e. The van der Waals surface area contributed by atoms with Crippen LogP contribution < -0.4 is 14.7 Å².